The van der Waals surface area contributed by atoms with Gasteiger partial charge in [0, 0.05) is 6.08 Å². The molecule has 0 aliphatic carbocycles. The topological polar surface area (TPSA) is 114 Å². The number of methoxy groups -OCH3 is 3. The Labute approximate surface area is 113 Å². The summed E-state index contributed by atoms with van der Waals surface area (Å²) in [5.41, 5.74) is -0.468. The van der Waals surface area contributed by atoms with Crippen LogP contribution in [0.3, 0.4) is 0 Å². The number of rotatable bonds is 6. The smallest absolute Gasteiger partial charge is 0.322 e. The SMILES string of the molecule is COc1cc(/C=C/[N+](=O)[O-])c([N+](=O)[O-])c(OC)c1OC. The summed E-state index contributed by atoms with van der Waals surface area (Å²) in [6, 6.07) is 1.26. The standard InChI is InChI=1S/C11H12N2O7/c1-18-8-6-7(4-5-12(14)15)9(13(16)17)11(20-3)10(8)19-2/h4-6H,1-3H3/b5-4+. The normalized spacial score (nSPS) is 10.3. The van der Waals surface area contributed by atoms with Gasteiger partial charge in [0.25, 0.3) is 0 Å². The van der Waals surface area contributed by atoms with Crippen molar-refractivity contribution in [1.82, 2.24) is 0 Å². The van der Waals surface area contributed by atoms with Crippen LogP contribution in [0.5, 0.6) is 17.2 Å². The maximum absolute atomic E-state index is 11.1. The van der Waals surface area contributed by atoms with Crippen molar-refractivity contribution in [2.24, 2.45) is 0 Å². The summed E-state index contributed by atoms with van der Waals surface area (Å²) in [4.78, 5) is 20.0. The number of nitro benzene ring substituents is 1. The lowest BCUT2D eigenvalue weighted by atomic mass is 10.1. The lowest BCUT2D eigenvalue weighted by molar-refractivity contribution is -0.401. The van der Waals surface area contributed by atoms with Gasteiger partial charge in [0.15, 0.2) is 5.75 Å². The van der Waals surface area contributed by atoms with E-state index in [9.17, 15) is 20.2 Å². The Balaban J connectivity index is 3.65. The lowest BCUT2D eigenvalue weighted by Crippen LogP contribution is -2.02. The third-order valence-corrected chi connectivity index (χ3v) is 2.39. The molecule has 0 saturated carbocycles. The fourth-order valence-corrected chi connectivity index (χ4v) is 1.62. The molecule has 0 saturated heterocycles. The lowest BCUT2D eigenvalue weighted by Gasteiger charge is -2.13. The molecule has 108 valence electrons. The average Bonchev–Trinajstić information content (AvgIpc) is 2.42. The van der Waals surface area contributed by atoms with E-state index in [1.165, 1.54) is 27.4 Å². The van der Waals surface area contributed by atoms with Gasteiger partial charge in [-0.15, -0.1) is 0 Å². The number of hydrogen-bond acceptors (Lipinski definition) is 7. The van der Waals surface area contributed by atoms with E-state index >= 15 is 0 Å². The highest BCUT2D eigenvalue weighted by atomic mass is 16.6. The van der Waals surface area contributed by atoms with Crippen molar-refractivity contribution in [3.63, 3.8) is 0 Å². The Morgan fingerprint density at radius 2 is 1.65 bits per heavy atom. The van der Waals surface area contributed by atoms with Crippen molar-refractivity contribution in [1.29, 1.82) is 0 Å². The summed E-state index contributed by atoms with van der Waals surface area (Å²) in [6.07, 6.45) is 1.58. The van der Waals surface area contributed by atoms with Crippen LogP contribution in [0, 0.1) is 20.2 Å². The van der Waals surface area contributed by atoms with Gasteiger partial charge in [0.05, 0.1) is 36.7 Å². The molecule has 0 fully saturated rings. The summed E-state index contributed by atoms with van der Waals surface area (Å²) in [5.74, 6) is 0.0396. The molecule has 0 heterocycles. The second-order valence-corrected chi connectivity index (χ2v) is 3.44. The van der Waals surface area contributed by atoms with Crippen LogP contribution in [0.1, 0.15) is 5.56 Å². The molecule has 0 unspecified atom stereocenters. The summed E-state index contributed by atoms with van der Waals surface area (Å²) >= 11 is 0. The predicted molar refractivity (Wildman–Crippen MR) is 68.8 cm³/mol. The Kier molecular flexibility index (Phi) is 4.84. The Morgan fingerprint density at radius 1 is 1.05 bits per heavy atom. The van der Waals surface area contributed by atoms with Gasteiger partial charge in [-0.05, 0) is 6.07 Å². The third kappa shape index (κ3) is 2.94. The van der Waals surface area contributed by atoms with Crippen LogP contribution < -0.4 is 14.2 Å². The van der Waals surface area contributed by atoms with E-state index in [0.717, 1.165) is 6.08 Å². The van der Waals surface area contributed by atoms with E-state index < -0.39 is 15.5 Å². The zero-order valence-electron chi connectivity index (χ0n) is 11.0. The molecule has 0 aliphatic rings. The van der Waals surface area contributed by atoms with E-state index in [4.69, 9.17) is 14.2 Å². The first kappa shape index (κ1) is 15.2. The Hall–Kier alpha value is -2.84. The quantitative estimate of drug-likeness (QED) is 0.578. The first-order valence-electron chi connectivity index (χ1n) is 5.25. The van der Waals surface area contributed by atoms with Crippen LogP contribution in [0.2, 0.25) is 0 Å². The van der Waals surface area contributed by atoms with Crippen molar-refractivity contribution in [3.05, 3.63) is 38.1 Å². The number of ether oxygens (including phenoxy) is 3. The van der Waals surface area contributed by atoms with Gasteiger partial charge >= 0.3 is 5.69 Å². The van der Waals surface area contributed by atoms with Gasteiger partial charge in [0.2, 0.25) is 17.7 Å². The van der Waals surface area contributed by atoms with E-state index in [1.54, 1.807) is 0 Å². The third-order valence-electron chi connectivity index (χ3n) is 2.39. The Bertz CT molecular complexity index is 568. The van der Waals surface area contributed by atoms with Crippen LogP contribution in [-0.2, 0) is 0 Å². The fraction of sp³-hybridized carbons (Fsp3) is 0.273. The molecule has 1 aromatic rings. The van der Waals surface area contributed by atoms with Crippen molar-refractivity contribution >= 4 is 11.8 Å². The maximum atomic E-state index is 11.1. The van der Waals surface area contributed by atoms with E-state index in [2.05, 4.69) is 0 Å². The first-order valence-corrected chi connectivity index (χ1v) is 5.25. The molecule has 9 heteroatoms. The van der Waals surface area contributed by atoms with Crippen molar-refractivity contribution in [2.45, 2.75) is 0 Å². The molecular weight excluding hydrogens is 272 g/mol. The van der Waals surface area contributed by atoms with Gasteiger partial charge < -0.3 is 14.2 Å². The minimum atomic E-state index is -0.729. The number of benzene rings is 1. The highest BCUT2D eigenvalue weighted by Gasteiger charge is 2.28. The summed E-state index contributed by atoms with van der Waals surface area (Å²) in [7, 11) is 3.87. The molecule has 0 N–H and O–H groups in total. The molecule has 0 amide bonds. The van der Waals surface area contributed by atoms with Crippen LogP contribution in [0.4, 0.5) is 5.69 Å². The number of hydrogen-bond donors (Lipinski definition) is 0. The van der Waals surface area contributed by atoms with E-state index in [0.29, 0.717) is 6.20 Å². The zero-order valence-corrected chi connectivity index (χ0v) is 11.0. The summed E-state index contributed by atoms with van der Waals surface area (Å²) in [5, 5.41) is 21.5. The molecule has 1 aromatic carbocycles. The molecule has 0 bridgehead atoms. The van der Waals surface area contributed by atoms with Crippen molar-refractivity contribution in [3.8, 4) is 17.2 Å². The van der Waals surface area contributed by atoms with Crippen LogP contribution in [0.15, 0.2) is 12.3 Å². The predicted octanol–water partition coefficient (Wildman–Crippen LogP) is 1.87. The van der Waals surface area contributed by atoms with Gasteiger partial charge in [-0.1, -0.05) is 0 Å². The molecule has 0 aliphatic heterocycles. The molecular formula is C11H12N2O7. The average molecular weight is 284 g/mol. The van der Waals surface area contributed by atoms with Crippen LogP contribution in [-0.4, -0.2) is 31.2 Å². The fourth-order valence-electron chi connectivity index (χ4n) is 1.62. The molecule has 0 radical (unpaired) electrons. The van der Waals surface area contributed by atoms with Crippen LogP contribution in [0.25, 0.3) is 6.08 Å². The number of nitrogens with zero attached hydrogens (tertiary/aromatic N) is 2. The second-order valence-electron chi connectivity index (χ2n) is 3.44. The minimum absolute atomic E-state index is 0.0267. The van der Waals surface area contributed by atoms with Crippen molar-refractivity contribution in [2.75, 3.05) is 21.3 Å². The minimum Gasteiger partial charge on any atom is -0.493 e. The summed E-state index contributed by atoms with van der Waals surface area (Å²) in [6.45, 7) is 0. The zero-order chi connectivity index (χ0) is 15.3. The largest absolute Gasteiger partial charge is 0.493 e. The first-order chi connectivity index (χ1) is 9.46. The summed E-state index contributed by atoms with van der Waals surface area (Å²) < 4.78 is 15.0. The molecule has 1 rings (SSSR count). The molecule has 0 spiro atoms. The molecule has 20 heavy (non-hydrogen) atoms. The molecule has 0 aromatic heterocycles. The Morgan fingerprint density at radius 3 is 2.05 bits per heavy atom. The van der Waals surface area contributed by atoms with Gasteiger partial charge in [-0.2, -0.15) is 0 Å². The maximum Gasteiger partial charge on any atom is 0.322 e. The van der Waals surface area contributed by atoms with Gasteiger partial charge in [0.1, 0.15) is 0 Å². The van der Waals surface area contributed by atoms with Crippen LogP contribution >= 0.6 is 0 Å². The molecule has 0 atom stereocenters. The monoisotopic (exact) mass is 284 g/mol. The number of nitro groups is 2. The van der Waals surface area contributed by atoms with E-state index in [1.807, 2.05) is 0 Å². The second kappa shape index (κ2) is 6.36. The molecule has 9 nitrogen and oxygen atoms in total. The van der Waals surface area contributed by atoms with Crippen molar-refractivity contribution < 1.29 is 24.1 Å². The highest BCUT2D eigenvalue weighted by Crippen LogP contribution is 2.46. The van der Waals surface area contributed by atoms with Gasteiger partial charge in [-0.25, -0.2) is 0 Å². The van der Waals surface area contributed by atoms with Gasteiger partial charge in [-0.3, -0.25) is 20.2 Å². The van der Waals surface area contributed by atoms with E-state index in [-0.39, 0.29) is 22.8 Å². The highest BCUT2D eigenvalue weighted by molar-refractivity contribution is 5.74.